The molecule has 0 radical (unpaired) electrons. The van der Waals surface area contributed by atoms with Crippen LogP contribution in [-0.2, 0) is 0 Å². The van der Waals surface area contributed by atoms with Crippen molar-refractivity contribution in [3.8, 4) is 11.3 Å². The lowest BCUT2D eigenvalue weighted by Crippen LogP contribution is -2.19. The third kappa shape index (κ3) is 3.38. The quantitative estimate of drug-likeness (QED) is 0.789. The molecule has 3 heterocycles. The first-order valence-corrected chi connectivity index (χ1v) is 8.33. The summed E-state index contributed by atoms with van der Waals surface area (Å²) in [5.74, 6) is 0.918. The van der Waals surface area contributed by atoms with Gasteiger partial charge < -0.3 is 14.6 Å². The van der Waals surface area contributed by atoms with Crippen molar-refractivity contribution in [1.29, 1.82) is 0 Å². The van der Waals surface area contributed by atoms with Crippen LogP contribution in [-0.4, -0.2) is 29.2 Å². The summed E-state index contributed by atoms with van der Waals surface area (Å²) in [5, 5.41) is 11.5. The highest BCUT2D eigenvalue weighted by molar-refractivity contribution is 6.02. The van der Waals surface area contributed by atoms with Crippen molar-refractivity contribution in [2.24, 2.45) is 0 Å². The van der Waals surface area contributed by atoms with Gasteiger partial charge in [-0.15, -0.1) is 10.2 Å². The summed E-state index contributed by atoms with van der Waals surface area (Å²) in [4.78, 5) is 14.3. The van der Waals surface area contributed by atoms with Gasteiger partial charge in [0, 0.05) is 24.3 Å². The average molecular weight is 334 g/mol. The summed E-state index contributed by atoms with van der Waals surface area (Å²) < 4.78 is 5.11. The second-order valence-electron chi connectivity index (χ2n) is 5.98. The van der Waals surface area contributed by atoms with Crippen LogP contribution < -0.4 is 10.2 Å². The van der Waals surface area contributed by atoms with Crippen LogP contribution in [0.3, 0.4) is 0 Å². The fourth-order valence-electron chi connectivity index (χ4n) is 2.95. The van der Waals surface area contributed by atoms with Gasteiger partial charge in [-0.25, -0.2) is 0 Å². The van der Waals surface area contributed by atoms with Crippen molar-refractivity contribution in [3.63, 3.8) is 0 Å². The molecule has 0 saturated carbocycles. The molecular weight excluding hydrogens is 316 g/mol. The average Bonchev–Trinajstić information content (AvgIpc) is 3.36. The maximum Gasteiger partial charge on any atom is 0.291 e. The number of hydrogen-bond donors (Lipinski definition) is 1. The van der Waals surface area contributed by atoms with E-state index in [4.69, 9.17) is 4.42 Å². The number of benzene rings is 1. The van der Waals surface area contributed by atoms with Crippen LogP contribution in [0.2, 0.25) is 0 Å². The highest BCUT2D eigenvalue weighted by atomic mass is 16.3. The Hall–Kier alpha value is -3.15. The fourth-order valence-corrected chi connectivity index (χ4v) is 2.95. The Balaban J connectivity index is 1.51. The van der Waals surface area contributed by atoms with E-state index in [9.17, 15) is 4.79 Å². The third-order valence-corrected chi connectivity index (χ3v) is 4.24. The summed E-state index contributed by atoms with van der Waals surface area (Å²) >= 11 is 0. The second kappa shape index (κ2) is 6.76. The van der Waals surface area contributed by atoms with Gasteiger partial charge in [0.05, 0.1) is 12.0 Å². The number of carbonyl (C=O) groups excluding carboxylic acids is 1. The van der Waals surface area contributed by atoms with Gasteiger partial charge in [-0.1, -0.05) is 12.1 Å². The van der Waals surface area contributed by atoms with E-state index in [0.717, 1.165) is 30.2 Å². The first kappa shape index (κ1) is 15.4. The molecule has 3 aromatic rings. The molecule has 1 aliphatic heterocycles. The van der Waals surface area contributed by atoms with Gasteiger partial charge >= 0.3 is 0 Å². The Bertz CT molecular complexity index is 853. The normalized spacial score (nSPS) is 13.8. The van der Waals surface area contributed by atoms with E-state index in [-0.39, 0.29) is 11.7 Å². The van der Waals surface area contributed by atoms with E-state index in [1.165, 1.54) is 19.1 Å². The number of aromatic nitrogens is 2. The maximum atomic E-state index is 12.1. The first-order chi connectivity index (χ1) is 12.3. The Labute approximate surface area is 145 Å². The number of carbonyl (C=O) groups is 1. The summed E-state index contributed by atoms with van der Waals surface area (Å²) in [5.41, 5.74) is 2.36. The van der Waals surface area contributed by atoms with Crippen molar-refractivity contribution in [2.75, 3.05) is 23.3 Å². The molecule has 0 unspecified atom stereocenters. The summed E-state index contributed by atoms with van der Waals surface area (Å²) in [6.07, 6.45) is 3.89. The van der Waals surface area contributed by atoms with Crippen LogP contribution in [0.15, 0.2) is 59.2 Å². The van der Waals surface area contributed by atoms with Crippen molar-refractivity contribution < 1.29 is 9.21 Å². The second-order valence-corrected chi connectivity index (χ2v) is 5.98. The fraction of sp³-hybridized carbons (Fsp3) is 0.211. The van der Waals surface area contributed by atoms with Crippen molar-refractivity contribution in [3.05, 3.63) is 60.6 Å². The van der Waals surface area contributed by atoms with Crippen LogP contribution in [0.1, 0.15) is 23.4 Å². The number of hydrogen-bond acceptors (Lipinski definition) is 5. The maximum absolute atomic E-state index is 12.1. The van der Waals surface area contributed by atoms with E-state index in [2.05, 4.69) is 20.4 Å². The molecule has 0 spiro atoms. The molecule has 25 heavy (non-hydrogen) atoms. The van der Waals surface area contributed by atoms with Gasteiger partial charge in [0.1, 0.15) is 0 Å². The highest BCUT2D eigenvalue weighted by Crippen LogP contribution is 2.23. The SMILES string of the molecule is O=C(Nc1cccc(-c2ccc(N3CCCC3)nn2)c1)c1ccco1. The molecular formula is C19H18N4O2. The molecule has 1 N–H and O–H groups in total. The predicted octanol–water partition coefficient (Wildman–Crippen LogP) is 3.59. The summed E-state index contributed by atoms with van der Waals surface area (Å²) in [6.45, 7) is 2.09. The number of amides is 1. The van der Waals surface area contributed by atoms with Crippen LogP contribution >= 0.6 is 0 Å². The van der Waals surface area contributed by atoms with E-state index in [1.54, 1.807) is 12.1 Å². The van der Waals surface area contributed by atoms with E-state index >= 15 is 0 Å². The molecule has 126 valence electrons. The summed E-state index contributed by atoms with van der Waals surface area (Å²) in [7, 11) is 0. The molecule has 1 amide bonds. The molecule has 1 aliphatic rings. The van der Waals surface area contributed by atoms with Gasteiger partial charge in [0.25, 0.3) is 5.91 Å². The van der Waals surface area contributed by atoms with Crippen molar-refractivity contribution in [1.82, 2.24) is 10.2 Å². The molecule has 1 fully saturated rings. The predicted molar refractivity (Wildman–Crippen MR) is 95.6 cm³/mol. The lowest BCUT2D eigenvalue weighted by atomic mass is 10.1. The van der Waals surface area contributed by atoms with Crippen molar-refractivity contribution >= 4 is 17.4 Å². The molecule has 4 rings (SSSR count). The van der Waals surface area contributed by atoms with E-state index in [0.29, 0.717) is 5.69 Å². The number of furan rings is 1. The number of nitrogens with one attached hydrogen (secondary N) is 1. The van der Waals surface area contributed by atoms with Gasteiger partial charge in [0.2, 0.25) is 0 Å². The number of nitrogens with zero attached hydrogens (tertiary/aromatic N) is 3. The van der Waals surface area contributed by atoms with Crippen LogP contribution in [0.25, 0.3) is 11.3 Å². The monoisotopic (exact) mass is 334 g/mol. The van der Waals surface area contributed by atoms with Crippen LogP contribution in [0.4, 0.5) is 11.5 Å². The van der Waals surface area contributed by atoms with Gasteiger partial charge in [-0.2, -0.15) is 0 Å². The number of anilines is 2. The Morgan fingerprint density at radius 3 is 2.64 bits per heavy atom. The van der Waals surface area contributed by atoms with Gasteiger partial charge in [0.15, 0.2) is 11.6 Å². The molecule has 6 nitrogen and oxygen atoms in total. The zero-order chi connectivity index (χ0) is 17.1. The van der Waals surface area contributed by atoms with Crippen LogP contribution in [0.5, 0.6) is 0 Å². The minimum atomic E-state index is -0.280. The zero-order valence-electron chi connectivity index (χ0n) is 13.7. The number of rotatable bonds is 4. The Morgan fingerprint density at radius 2 is 1.92 bits per heavy atom. The van der Waals surface area contributed by atoms with Gasteiger partial charge in [-0.05, 0) is 49.2 Å². The smallest absolute Gasteiger partial charge is 0.291 e. The molecule has 0 aliphatic carbocycles. The highest BCUT2D eigenvalue weighted by Gasteiger charge is 2.14. The molecule has 1 saturated heterocycles. The standard InChI is InChI=1S/C19H18N4O2/c24-19(17-7-4-12-25-17)20-15-6-3-5-14(13-15)16-8-9-18(22-21-16)23-10-1-2-11-23/h3-9,12-13H,1-2,10-11H2,(H,20,24). The Morgan fingerprint density at radius 1 is 1.04 bits per heavy atom. The topological polar surface area (TPSA) is 71.3 Å². The first-order valence-electron chi connectivity index (χ1n) is 8.33. The molecule has 6 heteroatoms. The van der Waals surface area contributed by atoms with E-state index < -0.39 is 0 Å². The molecule has 0 atom stereocenters. The Kier molecular flexibility index (Phi) is 4.16. The molecule has 1 aromatic carbocycles. The minimum Gasteiger partial charge on any atom is -0.459 e. The van der Waals surface area contributed by atoms with Crippen molar-refractivity contribution in [2.45, 2.75) is 12.8 Å². The zero-order valence-corrected chi connectivity index (χ0v) is 13.7. The van der Waals surface area contributed by atoms with E-state index in [1.807, 2.05) is 36.4 Å². The largest absolute Gasteiger partial charge is 0.459 e. The minimum absolute atomic E-state index is 0.278. The molecule has 2 aromatic heterocycles. The van der Waals surface area contributed by atoms with Gasteiger partial charge in [-0.3, -0.25) is 4.79 Å². The third-order valence-electron chi connectivity index (χ3n) is 4.24. The summed E-state index contributed by atoms with van der Waals surface area (Å²) in [6, 6.07) is 14.8. The lowest BCUT2D eigenvalue weighted by molar-refractivity contribution is 0.0996. The molecule has 0 bridgehead atoms. The van der Waals surface area contributed by atoms with Crippen LogP contribution in [0, 0.1) is 0 Å². The lowest BCUT2D eigenvalue weighted by Gasteiger charge is -2.15.